The summed E-state index contributed by atoms with van der Waals surface area (Å²) in [4.78, 5) is 4.27. The first kappa shape index (κ1) is 8.60. The lowest BCUT2D eigenvalue weighted by molar-refractivity contribution is 0.668. The van der Waals surface area contributed by atoms with Gasteiger partial charge in [0.1, 0.15) is 5.03 Å². The lowest BCUT2D eigenvalue weighted by Gasteiger charge is -2.16. The zero-order valence-corrected chi connectivity index (χ0v) is 9.01. The van der Waals surface area contributed by atoms with Gasteiger partial charge in [-0.05, 0) is 48.3 Å². The Bertz CT molecular complexity index is 416. The highest BCUT2D eigenvalue weighted by Crippen LogP contribution is 2.53. The van der Waals surface area contributed by atoms with Crippen molar-refractivity contribution in [2.75, 3.05) is 6.26 Å². The van der Waals surface area contributed by atoms with Crippen molar-refractivity contribution in [3.8, 4) is 0 Å². The minimum Gasteiger partial charge on any atom is -0.253 e. The SMILES string of the molecule is C[S@@](=O)c1nccc2c1[C@H]1CC[C@H]2C1. The number of pyridine rings is 1. The summed E-state index contributed by atoms with van der Waals surface area (Å²) in [7, 11) is -0.924. The lowest BCUT2D eigenvalue weighted by Crippen LogP contribution is -2.05. The summed E-state index contributed by atoms with van der Waals surface area (Å²) >= 11 is 0. The fraction of sp³-hybridized carbons (Fsp3) is 0.545. The van der Waals surface area contributed by atoms with Crippen LogP contribution in [0.1, 0.15) is 42.2 Å². The Hall–Kier alpha value is -0.700. The molecule has 0 amide bonds. The predicted molar refractivity (Wildman–Crippen MR) is 55.9 cm³/mol. The van der Waals surface area contributed by atoms with Crippen molar-refractivity contribution in [1.29, 1.82) is 0 Å². The van der Waals surface area contributed by atoms with E-state index in [9.17, 15) is 4.21 Å². The Labute approximate surface area is 86.2 Å². The van der Waals surface area contributed by atoms with Crippen LogP contribution in [0.15, 0.2) is 17.3 Å². The van der Waals surface area contributed by atoms with Crippen LogP contribution in [0.25, 0.3) is 0 Å². The van der Waals surface area contributed by atoms with E-state index in [0.717, 1.165) is 10.9 Å². The van der Waals surface area contributed by atoms with Crippen molar-refractivity contribution >= 4 is 10.8 Å². The molecule has 1 saturated carbocycles. The quantitative estimate of drug-likeness (QED) is 0.706. The smallest absolute Gasteiger partial charge is 0.130 e. The van der Waals surface area contributed by atoms with Gasteiger partial charge < -0.3 is 0 Å². The summed E-state index contributed by atoms with van der Waals surface area (Å²) < 4.78 is 11.5. The fourth-order valence-corrected chi connectivity index (χ4v) is 3.79. The molecule has 3 heteroatoms. The minimum atomic E-state index is -0.924. The molecular formula is C11H13NOS. The topological polar surface area (TPSA) is 30.0 Å². The first-order chi connectivity index (χ1) is 6.77. The Morgan fingerprint density at radius 3 is 3.00 bits per heavy atom. The molecule has 0 aromatic carbocycles. The Balaban J connectivity index is 2.23. The molecule has 0 radical (unpaired) electrons. The molecule has 2 nitrogen and oxygen atoms in total. The zero-order valence-electron chi connectivity index (χ0n) is 8.19. The van der Waals surface area contributed by atoms with E-state index < -0.39 is 10.8 Å². The maximum atomic E-state index is 11.5. The molecule has 14 heavy (non-hydrogen) atoms. The van der Waals surface area contributed by atoms with E-state index in [1.807, 2.05) is 6.20 Å². The highest BCUT2D eigenvalue weighted by molar-refractivity contribution is 7.84. The molecule has 2 bridgehead atoms. The highest BCUT2D eigenvalue weighted by atomic mass is 32.2. The summed E-state index contributed by atoms with van der Waals surface area (Å²) in [5.74, 6) is 1.39. The second-order valence-electron chi connectivity index (χ2n) is 4.28. The molecule has 2 aliphatic carbocycles. The van der Waals surface area contributed by atoms with Crippen molar-refractivity contribution in [2.45, 2.75) is 36.1 Å². The first-order valence-corrected chi connectivity index (χ1v) is 6.65. The van der Waals surface area contributed by atoms with Crippen LogP contribution < -0.4 is 0 Å². The largest absolute Gasteiger partial charge is 0.253 e. The van der Waals surface area contributed by atoms with Gasteiger partial charge in [0.15, 0.2) is 0 Å². The summed E-state index contributed by atoms with van der Waals surface area (Å²) in [6, 6.07) is 2.12. The van der Waals surface area contributed by atoms with Gasteiger partial charge >= 0.3 is 0 Å². The molecule has 2 aliphatic rings. The summed E-state index contributed by atoms with van der Waals surface area (Å²) in [6.45, 7) is 0. The van der Waals surface area contributed by atoms with E-state index in [-0.39, 0.29) is 0 Å². The standard InChI is InChI=1S/C11H13NOS/c1-14(13)11-10-8-3-2-7(6-8)9(10)4-5-12-11/h4-5,7-8H,2-3,6H2,1H3/t7-,8-,14+/m0/s1. The van der Waals surface area contributed by atoms with Gasteiger partial charge in [0.05, 0.1) is 10.8 Å². The number of fused-ring (bicyclic) bond motifs is 5. The second kappa shape index (κ2) is 2.89. The number of hydrogen-bond donors (Lipinski definition) is 0. The average molecular weight is 207 g/mol. The third-order valence-electron chi connectivity index (χ3n) is 3.54. The van der Waals surface area contributed by atoms with Crippen LogP contribution in [0.2, 0.25) is 0 Å². The molecular weight excluding hydrogens is 194 g/mol. The van der Waals surface area contributed by atoms with Gasteiger partial charge in [-0.2, -0.15) is 0 Å². The van der Waals surface area contributed by atoms with E-state index in [0.29, 0.717) is 5.92 Å². The summed E-state index contributed by atoms with van der Waals surface area (Å²) in [5.41, 5.74) is 2.76. The molecule has 1 aromatic rings. The van der Waals surface area contributed by atoms with Crippen molar-refractivity contribution in [3.05, 3.63) is 23.4 Å². The van der Waals surface area contributed by atoms with Gasteiger partial charge in [-0.15, -0.1) is 0 Å². The van der Waals surface area contributed by atoms with Gasteiger partial charge in [-0.1, -0.05) is 0 Å². The summed E-state index contributed by atoms with van der Waals surface area (Å²) in [5, 5.41) is 0.842. The molecule has 1 fully saturated rings. The molecule has 0 saturated heterocycles. The number of nitrogens with zero attached hydrogens (tertiary/aromatic N) is 1. The van der Waals surface area contributed by atoms with Crippen LogP contribution in [0, 0.1) is 0 Å². The molecule has 0 unspecified atom stereocenters. The van der Waals surface area contributed by atoms with E-state index in [2.05, 4.69) is 11.1 Å². The predicted octanol–water partition coefficient (Wildman–Crippen LogP) is 2.18. The Morgan fingerprint density at radius 2 is 2.21 bits per heavy atom. The van der Waals surface area contributed by atoms with Crippen molar-refractivity contribution in [3.63, 3.8) is 0 Å². The number of rotatable bonds is 1. The van der Waals surface area contributed by atoms with Crippen LogP contribution in [-0.4, -0.2) is 15.4 Å². The summed E-state index contributed by atoms with van der Waals surface area (Å²) in [6.07, 6.45) is 7.40. The molecule has 74 valence electrons. The van der Waals surface area contributed by atoms with Crippen LogP contribution >= 0.6 is 0 Å². The van der Waals surface area contributed by atoms with E-state index in [4.69, 9.17) is 0 Å². The second-order valence-corrected chi connectivity index (χ2v) is 5.57. The molecule has 0 aliphatic heterocycles. The van der Waals surface area contributed by atoms with Crippen LogP contribution in [0.4, 0.5) is 0 Å². The van der Waals surface area contributed by atoms with Crippen molar-refractivity contribution in [1.82, 2.24) is 4.98 Å². The zero-order chi connectivity index (χ0) is 9.71. The Morgan fingerprint density at radius 1 is 1.43 bits per heavy atom. The maximum Gasteiger partial charge on any atom is 0.130 e. The molecule has 3 atom stereocenters. The molecule has 1 aromatic heterocycles. The van der Waals surface area contributed by atoms with E-state index in [1.54, 1.807) is 6.26 Å². The molecule has 0 N–H and O–H groups in total. The molecule has 0 spiro atoms. The molecule has 3 rings (SSSR count). The van der Waals surface area contributed by atoms with Crippen LogP contribution in [-0.2, 0) is 10.8 Å². The van der Waals surface area contributed by atoms with Crippen LogP contribution in [0.3, 0.4) is 0 Å². The maximum absolute atomic E-state index is 11.5. The van der Waals surface area contributed by atoms with Gasteiger partial charge in [0.2, 0.25) is 0 Å². The van der Waals surface area contributed by atoms with Gasteiger partial charge in [-0.3, -0.25) is 4.21 Å². The normalized spacial score (nSPS) is 30.4. The molecule has 1 heterocycles. The third kappa shape index (κ3) is 1.02. The third-order valence-corrected chi connectivity index (χ3v) is 4.41. The first-order valence-electron chi connectivity index (χ1n) is 5.09. The average Bonchev–Trinajstić information content (AvgIpc) is 2.77. The highest BCUT2D eigenvalue weighted by Gasteiger charge is 2.39. The van der Waals surface area contributed by atoms with Gasteiger partial charge in [0, 0.05) is 12.5 Å². The van der Waals surface area contributed by atoms with Crippen molar-refractivity contribution < 1.29 is 4.21 Å². The van der Waals surface area contributed by atoms with Gasteiger partial charge in [-0.25, -0.2) is 4.98 Å². The van der Waals surface area contributed by atoms with Crippen LogP contribution in [0.5, 0.6) is 0 Å². The van der Waals surface area contributed by atoms with Gasteiger partial charge in [0.25, 0.3) is 0 Å². The van der Waals surface area contributed by atoms with Crippen molar-refractivity contribution in [2.24, 2.45) is 0 Å². The monoisotopic (exact) mass is 207 g/mol. The van der Waals surface area contributed by atoms with E-state index >= 15 is 0 Å². The number of aromatic nitrogens is 1. The number of hydrogen-bond acceptors (Lipinski definition) is 2. The minimum absolute atomic E-state index is 0.655. The van der Waals surface area contributed by atoms with E-state index in [1.165, 1.54) is 30.4 Å². The lowest BCUT2D eigenvalue weighted by atomic mass is 9.94. The Kier molecular flexibility index (Phi) is 1.78. The fourth-order valence-electron chi connectivity index (χ4n) is 2.99.